The van der Waals surface area contributed by atoms with Crippen molar-refractivity contribution in [2.75, 3.05) is 27.2 Å². The highest BCUT2D eigenvalue weighted by Gasteiger charge is 2.22. The molecule has 0 atom stereocenters. The van der Waals surface area contributed by atoms with Crippen molar-refractivity contribution < 1.29 is 13.2 Å². The Morgan fingerprint density at radius 2 is 1.59 bits per heavy atom. The monoisotopic (exact) mass is 391 g/mol. The molecule has 2 aromatic rings. The number of amides is 1. The van der Waals surface area contributed by atoms with Crippen LogP contribution in [-0.2, 0) is 16.6 Å². The van der Waals surface area contributed by atoms with Gasteiger partial charge in [-0.15, -0.1) is 0 Å². The number of pyridine rings is 1. The van der Waals surface area contributed by atoms with Gasteiger partial charge in [-0.3, -0.25) is 9.59 Å². The third-order valence-corrected chi connectivity index (χ3v) is 6.29. The quantitative estimate of drug-likeness (QED) is 0.719. The van der Waals surface area contributed by atoms with Crippen LogP contribution in [0, 0.1) is 0 Å². The Morgan fingerprint density at radius 3 is 2.11 bits per heavy atom. The number of carbonyl (C=O) groups is 1. The lowest BCUT2D eigenvalue weighted by molar-refractivity contribution is 0.0827. The molecule has 0 saturated carbocycles. The molecule has 0 N–H and O–H groups in total. The van der Waals surface area contributed by atoms with Gasteiger partial charge in [0.15, 0.2) is 0 Å². The zero-order valence-corrected chi connectivity index (χ0v) is 16.9. The molecule has 0 fully saturated rings. The molecule has 0 aliphatic heterocycles. The van der Waals surface area contributed by atoms with Gasteiger partial charge in [-0.25, -0.2) is 8.42 Å². The summed E-state index contributed by atoms with van der Waals surface area (Å²) in [6.45, 7) is 4.48. The van der Waals surface area contributed by atoms with Crippen molar-refractivity contribution in [1.29, 1.82) is 0 Å². The maximum absolute atomic E-state index is 12.7. The summed E-state index contributed by atoms with van der Waals surface area (Å²) < 4.78 is 28.0. The van der Waals surface area contributed by atoms with Gasteiger partial charge in [0, 0.05) is 45.0 Å². The van der Waals surface area contributed by atoms with Gasteiger partial charge in [0.1, 0.15) is 0 Å². The zero-order chi connectivity index (χ0) is 20.2. The fourth-order valence-corrected chi connectivity index (χ4v) is 4.18. The molecule has 0 bridgehead atoms. The molecule has 1 aromatic heterocycles. The average Bonchev–Trinajstić information content (AvgIpc) is 2.64. The predicted molar refractivity (Wildman–Crippen MR) is 104 cm³/mol. The zero-order valence-electron chi connectivity index (χ0n) is 16.0. The molecule has 0 aliphatic rings. The van der Waals surface area contributed by atoms with E-state index < -0.39 is 10.0 Å². The Hall–Kier alpha value is -2.45. The Kier molecular flexibility index (Phi) is 6.56. The fraction of sp³-hybridized carbons (Fsp3) is 0.368. The lowest BCUT2D eigenvalue weighted by Gasteiger charge is -2.19. The molecule has 2 rings (SSSR count). The summed E-state index contributed by atoms with van der Waals surface area (Å²) >= 11 is 0. The SMILES string of the molecule is CCN(CC)S(=O)(=O)c1ccc(=O)n(Cc2ccc(C(=O)N(C)C)cc2)c1. The van der Waals surface area contributed by atoms with Crippen molar-refractivity contribution in [2.45, 2.75) is 25.3 Å². The van der Waals surface area contributed by atoms with Crippen molar-refractivity contribution in [3.63, 3.8) is 0 Å². The minimum atomic E-state index is -3.64. The van der Waals surface area contributed by atoms with E-state index in [1.54, 1.807) is 52.2 Å². The van der Waals surface area contributed by atoms with Crippen LogP contribution in [0.5, 0.6) is 0 Å². The van der Waals surface area contributed by atoms with E-state index >= 15 is 0 Å². The average molecular weight is 391 g/mol. The molecule has 1 amide bonds. The number of aromatic nitrogens is 1. The minimum absolute atomic E-state index is 0.0882. The minimum Gasteiger partial charge on any atom is -0.345 e. The molecule has 8 heteroatoms. The van der Waals surface area contributed by atoms with Crippen LogP contribution < -0.4 is 5.56 Å². The van der Waals surface area contributed by atoms with Gasteiger partial charge in [0.25, 0.3) is 11.5 Å². The predicted octanol–water partition coefficient (Wildman–Crippen LogP) is 1.63. The number of carbonyl (C=O) groups excluding carboxylic acids is 1. The van der Waals surface area contributed by atoms with Crippen molar-refractivity contribution in [1.82, 2.24) is 13.8 Å². The summed E-state index contributed by atoms with van der Waals surface area (Å²) in [6.07, 6.45) is 1.37. The molecule has 0 aliphatic carbocycles. The molecule has 0 saturated heterocycles. The molecule has 27 heavy (non-hydrogen) atoms. The third kappa shape index (κ3) is 4.64. The van der Waals surface area contributed by atoms with Crippen molar-refractivity contribution >= 4 is 15.9 Å². The van der Waals surface area contributed by atoms with E-state index in [9.17, 15) is 18.0 Å². The smallest absolute Gasteiger partial charge is 0.253 e. The largest absolute Gasteiger partial charge is 0.345 e. The first-order chi connectivity index (χ1) is 12.7. The van der Waals surface area contributed by atoms with Crippen LogP contribution in [0.2, 0.25) is 0 Å². The van der Waals surface area contributed by atoms with Gasteiger partial charge in [0.2, 0.25) is 10.0 Å². The van der Waals surface area contributed by atoms with Gasteiger partial charge >= 0.3 is 0 Å². The molecule has 0 spiro atoms. The molecular formula is C19H25N3O4S. The summed E-state index contributed by atoms with van der Waals surface area (Å²) in [7, 11) is -0.280. The Labute approximate surface area is 159 Å². The standard InChI is InChI=1S/C19H25N3O4S/c1-5-22(6-2)27(25,26)17-11-12-18(23)21(14-17)13-15-7-9-16(10-8-15)19(24)20(3)4/h7-12,14H,5-6,13H2,1-4H3. The summed E-state index contributed by atoms with van der Waals surface area (Å²) in [5.41, 5.74) is 1.06. The summed E-state index contributed by atoms with van der Waals surface area (Å²) in [4.78, 5) is 25.7. The maximum atomic E-state index is 12.7. The van der Waals surface area contributed by atoms with E-state index in [1.165, 1.54) is 32.1 Å². The van der Waals surface area contributed by atoms with Crippen LogP contribution in [0.15, 0.2) is 52.3 Å². The first-order valence-corrected chi connectivity index (χ1v) is 10.2. The third-order valence-electron chi connectivity index (χ3n) is 4.26. The highest BCUT2D eigenvalue weighted by molar-refractivity contribution is 7.89. The Morgan fingerprint density at radius 1 is 1.00 bits per heavy atom. The molecule has 0 radical (unpaired) electrons. The van der Waals surface area contributed by atoms with Gasteiger partial charge in [-0.1, -0.05) is 26.0 Å². The first-order valence-electron chi connectivity index (χ1n) is 8.72. The second kappa shape index (κ2) is 8.49. The van der Waals surface area contributed by atoms with Crippen LogP contribution >= 0.6 is 0 Å². The van der Waals surface area contributed by atoms with Crippen LogP contribution in [0.1, 0.15) is 29.8 Å². The summed E-state index contributed by atoms with van der Waals surface area (Å²) in [5.74, 6) is -0.106. The van der Waals surface area contributed by atoms with Gasteiger partial charge < -0.3 is 9.47 Å². The first kappa shape index (κ1) is 20.9. The van der Waals surface area contributed by atoms with Gasteiger partial charge in [0.05, 0.1) is 11.4 Å². The number of benzene rings is 1. The molecule has 1 heterocycles. The molecular weight excluding hydrogens is 366 g/mol. The van der Waals surface area contributed by atoms with E-state index in [2.05, 4.69) is 0 Å². The van der Waals surface area contributed by atoms with E-state index in [-0.39, 0.29) is 22.9 Å². The summed E-state index contributed by atoms with van der Waals surface area (Å²) in [6, 6.07) is 9.51. The van der Waals surface area contributed by atoms with Crippen LogP contribution in [0.4, 0.5) is 0 Å². The van der Waals surface area contributed by atoms with Gasteiger partial charge in [-0.05, 0) is 23.8 Å². The van der Waals surface area contributed by atoms with Crippen LogP contribution in [-0.4, -0.2) is 55.3 Å². The van der Waals surface area contributed by atoms with E-state index in [0.29, 0.717) is 18.7 Å². The fourth-order valence-electron chi connectivity index (χ4n) is 2.71. The number of nitrogens with zero attached hydrogens (tertiary/aromatic N) is 3. The Bertz CT molecular complexity index is 959. The highest BCUT2D eigenvalue weighted by atomic mass is 32.2. The van der Waals surface area contributed by atoms with Crippen LogP contribution in [0.25, 0.3) is 0 Å². The molecule has 0 unspecified atom stereocenters. The van der Waals surface area contributed by atoms with E-state index in [1.807, 2.05) is 0 Å². The van der Waals surface area contributed by atoms with Crippen molar-refractivity contribution in [3.05, 3.63) is 64.1 Å². The highest BCUT2D eigenvalue weighted by Crippen LogP contribution is 2.14. The van der Waals surface area contributed by atoms with Gasteiger partial charge in [-0.2, -0.15) is 4.31 Å². The lowest BCUT2D eigenvalue weighted by Crippen LogP contribution is -2.32. The van der Waals surface area contributed by atoms with E-state index in [0.717, 1.165) is 5.56 Å². The number of hydrogen-bond acceptors (Lipinski definition) is 4. The Balaban J connectivity index is 2.32. The van der Waals surface area contributed by atoms with Crippen molar-refractivity contribution in [3.8, 4) is 0 Å². The second-order valence-electron chi connectivity index (χ2n) is 6.32. The summed E-state index contributed by atoms with van der Waals surface area (Å²) in [5, 5.41) is 0. The number of sulfonamides is 1. The number of hydrogen-bond donors (Lipinski definition) is 0. The molecule has 146 valence electrons. The number of rotatable bonds is 7. The van der Waals surface area contributed by atoms with E-state index in [4.69, 9.17) is 0 Å². The lowest BCUT2D eigenvalue weighted by atomic mass is 10.1. The van der Waals surface area contributed by atoms with Crippen molar-refractivity contribution in [2.24, 2.45) is 0 Å². The second-order valence-corrected chi connectivity index (χ2v) is 8.25. The topological polar surface area (TPSA) is 79.7 Å². The molecule has 7 nitrogen and oxygen atoms in total. The van der Waals surface area contributed by atoms with Crippen LogP contribution in [0.3, 0.4) is 0 Å². The normalized spacial score (nSPS) is 11.6. The maximum Gasteiger partial charge on any atom is 0.253 e. The molecule has 1 aromatic carbocycles.